The number of aromatic nitrogens is 5. The summed E-state index contributed by atoms with van der Waals surface area (Å²) in [7, 11) is 0. The van der Waals surface area contributed by atoms with Crippen LogP contribution >= 0.6 is 0 Å². The molecule has 0 amide bonds. The van der Waals surface area contributed by atoms with Gasteiger partial charge in [-0.05, 0) is 38.1 Å². The summed E-state index contributed by atoms with van der Waals surface area (Å²) < 4.78 is 17.6. The molecule has 6 nitrogen and oxygen atoms in total. The van der Waals surface area contributed by atoms with Gasteiger partial charge in [-0.1, -0.05) is 29.5 Å². The molecule has 7 heteroatoms. The van der Waals surface area contributed by atoms with Crippen LogP contribution in [0.5, 0.6) is 0 Å². The van der Waals surface area contributed by atoms with Crippen LogP contribution in [-0.2, 0) is 6.54 Å². The molecule has 5 rings (SSSR count). The smallest absolute Gasteiger partial charge is 0.148 e. The van der Waals surface area contributed by atoms with Crippen LogP contribution in [0.25, 0.3) is 22.8 Å². The van der Waals surface area contributed by atoms with Crippen molar-refractivity contribution >= 4 is 5.69 Å². The molecular formula is C21H19FN6. The molecule has 0 bridgehead atoms. The molecule has 2 aromatic carbocycles. The van der Waals surface area contributed by atoms with E-state index in [1.54, 1.807) is 24.4 Å². The standard InChI is InChI=1S/C21H19FN6/c1-14(2)26-12-20-21(23-13-27(20)19-10-6-5-9-18(19)26)16-11-28(25-24-16)17-8-4-3-7-15(17)22/h3-11,13-14H,12H2,1-2H3. The van der Waals surface area contributed by atoms with Crippen molar-refractivity contribution in [2.45, 2.75) is 26.4 Å². The molecule has 3 heterocycles. The van der Waals surface area contributed by atoms with E-state index in [9.17, 15) is 4.39 Å². The second-order valence-corrected chi connectivity index (χ2v) is 7.12. The molecule has 0 fully saturated rings. The zero-order valence-electron chi connectivity index (χ0n) is 15.6. The van der Waals surface area contributed by atoms with E-state index in [4.69, 9.17) is 0 Å². The molecule has 2 aromatic heterocycles. The molecule has 0 saturated heterocycles. The predicted octanol–water partition coefficient (Wildman–Crippen LogP) is 3.99. The second-order valence-electron chi connectivity index (χ2n) is 7.12. The van der Waals surface area contributed by atoms with Crippen LogP contribution in [0.4, 0.5) is 10.1 Å². The summed E-state index contributed by atoms with van der Waals surface area (Å²) in [6, 6.07) is 15.2. The molecule has 0 radical (unpaired) electrons. The van der Waals surface area contributed by atoms with Crippen LogP contribution in [0.1, 0.15) is 19.5 Å². The third-order valence-corrected chi connectivity index (χ3v) is 5.10. The Balaban J connectivity index is 1.61. The number of rotatable bonds is 3. The van der Waals surface area contributed by atoms with Crippen LogP contribution in [0.2, 0.25) is 0 Å². The van der Waals surface area contributed by atoms with Crippen LogP contribution in [-0.4, -0.2) is 30.6 Å². The number of hydrogen-bond acceptors (Lipinski definition) is 4. The third kappa shape index (κ3) is 2.51. The van der Waals surface area contributed by atoms with E-state index in [1.165, 1.54) is 16.4 Å². The van der Waals surface area contributed by atoms with Gasteiger partial charge in [-0.2, -0.15) is 0 Å². The van der Waals surface area contributed by atoms with Gasteiger partial charge in [0.15, 0.2) is 0 Å². The lowest BCUT2D eigenvalue weighted by molar-refractivity contribution is 0.607. The molecular weight excluding hydrogens is 355 g/mol. The molecule has 4 aromatic rings. The van der Waals surface area contributed by atoms with E-state index >= 15 is 0 Å². The average Bonchev–Trinajstić information content (AvgIpc) is 3.34. The van der Waals surface area contributed by atoms with Crippen LogP contribution in [0, 0.1) is 5.82 Å². The Morgan fingerprint density at radius 1 is 0.964 bits per heavy atom. The number of benzene rings is 2. The Kier molecular flexibility index (Phi) is 3.75. The van der Waals surface area contributed by atoms with E-state index < -0.39 is 0 Å². The quantitative estimate of drug-likeness (QED) is 0.544. The Morgan fingerprint density at radius 2 is 1.68 bits per heavy atom. The zero-order valence-corrected chi connectivity index (χ0v) is 15.6. The summed E-state index contributed by atoms with van der Waals surface area (Å²) in [6.45, 7) is 5.07. The van der Waals surface area contributed by atoms with Crippen molar-refractivity contribution in [1.29, 1.82) is 0 Å². The Morgan fingerprint density at radius 3 is 2.43 bits per heavy atom. The van der Waals surface area contributed by atoms with E-state index in [0.29, 0.717) is 17.4 Å². The molecule has 0 atom stereocenters. The fraction of sp³-hybridized carbons (Fsp3) is 0.190. The minimum Gasteiger partial charge on any atom is -0.361 e. The number of fused-ring (bicyclic) bond motifs is 3. The van der Waals surface area contributed by atoms with Crippen molar-refractivity contribution in [1.82, 2.24) is 24.5 Å². The van der Waals surface area contributed by atoms with Crippen molar-refractivity contribution in [3.05, 3.63) is 72.6 Å². The van der Waals surface area contributed by atoms with E-state index in [-0.39, 0.29) is 5.82 Å². The number of hydrogen-bond donors (Lipinski definition) is 0. The second kappa shape index (κ2) is 6.30. The fourth-order valence-corrected chi connectivity index (χ4v) is 3.69. The fourth-order valence-electron chi connectivity index (χ4n) is 3.69. The van der Waals surface area contributed by atoms with Gasteiger partial charge in [-0.25, -0.2) is 14.1 Å². The predicted molar refractivity (Wildman–Crippen MR) is 105 cm³/mol. The molecule has 0 aliphatic carbocycles. The molecule has 0 spiro atoms. The van der Waals surface area contributed by atoms with Gasteiger partial charge in [0, 0.05) is 6.04 Å². The Bertz CT molecular complexity index is 1160. The van der Waals surface area contributed by atoms with Gasteiger partial charge in [0.2, 0.25) is 0 Å². The van der Waals surface area contributed by atoms with Crippen LogP contribution < -0.4 is 4.90 Å². The number of para-hydroxylation sites is 3. The van der Waals surface area contributed by atoms with Crippen molar-refractivity contribution in [3.8, 4) is 22.8 Å². The SMILES string of the molecule is CC(C)N1Cc2c(-c3cn(-c4ccccc4F)nn3)ncn2-c2ccccc21. The lowest BCUT2D eigenvalue weighted by atomic mass is 10.1. The van der Waals surface area contributed by atoms with Gasteiger partial charge in [0.1, 0.15) is 29.2 Å². The molecule has 0 saturated carbocycles. The van der Waals surface area contributed by atoms with Gasteiger partial charge < -0.3 is 4.90 Å². The highest BCUT2D eigenvalue weighted by atomic mass is 19.1. The summed E-state index contributed by atoms with van der Waals surface area (Å²) in [5.41, 5.74) is 5.08. The minimum atomic E-state index is -0.342. The lowest BCUT2D eigenvalue weighted by Gasteiger charge is -2.35. The topological polar surface area (TPSA) is 51.8 Å². The van der Waals surface area contributed by atoms with Crippen molar-refractivity contribution in [3.63, 3.8) is 0 Å². The molecule has 28 heavy (non-hydrogen) atoms. The highest BCUT2D eigenvalue weighted by Gasteiger charge is 2.27. The summed E-state index contributed by atoms with van der Waals surface area (Å²) in [6.07, 6.45) is 3.55. The van der Waals surface area contributed by atoms with E-state index in [1.807, 2.05) is 12.4 Å². The first-order valence-electron chi connectivity index (χ1n) is 9.23. The number of halogens is 1. The van der Waals surface area contributed by atoms with Crippen molar-refractivity contribution in [2.24, 2.45) is 0 Å². The summed E-state index contributed by atoms with van der Waals surface area (Å²) in [5, 5.41) is 8.38. The van der Waals surface area contributed by atoms with Gasteiger partial charge >= 0.3 is 0 Å². The maximum atomic E-state index is 14.1. The molecule has 1 aliphatic rings. The molecule has 0 N–H and O–H groups in total. The monoisotopic (exact) mass is 374 g/mol. The minimum absolute atomic E-state index is 0.340. The summed E-state index contributed by atoms with van der Waals surface area (Å²) >= 11 is 0. The Hall–Kier alpha value is -3.48. The van der Waals surface area contributed by atoms with E-state index in [0.717, 1.165) is 23.6 Å². The van der Waals surface area contributed by atoms with Crippen molar-refractivity contribution < 1.29 is 4.39 Å². The largest absolute Gasteiger partial charge is 0.361 e. The van der Waals surface area contributed by atoms with Gasteiger partial charge in [-0.3, -0.25) is 4.57 Å². The number of nitrogens with zero attached hydrogens (tertiary/aromatic N) is 6. The summed E-state index contributed by atoms with van der Waals surface area (Å²) in [4.78, 5) is 6.96. The van der Waals surface area contributed by atoms with Gasteiger partial charge in [-0.15, -0.1) is 5.10 Å². The Labute approximate surface area is 161 Å². The first kappa shape index (κ1) is 16.7. The normalized spacial score (nSPS) is 12.9. The third-order valence-electron chi connectivity index (χ3n) is 5.10. The van der Waals surface area contributed by atoms with Crippen LogP contribution in [0.15, 0.2) is 61.1 Å². The van der Waals surface area contributed by atoms with Crippen molar-refractivity contribution in [2.75, 3.05) is 4.90 Å². The first-order valence-corrected chi connectivity index (χ1v) is 9.23. The maximum absolute atomic E-state index is 14.1. The van der Waals surface area contributed by atoms with E-state index in [2.05, 4.69) is 56.8 Å². The molecule has 0 unspecified atom stereocenters. The summed E-state index contributed by atoms with van der Waals surface area (Å²) in [5.74, 6) is -0.342. The van der Waals surface area contributed by atoms with Gasteiger partial charge in [0.25, 0.3) is 0 Å². The lowest BCUT2D eigenvalue weighted by Crippen LogP contribution is -2.34. The number of imidazole rings is 1. The molecule has 140 valence electrons. The number of anilines is 1. The van der Waals surface area contributed by atoms with Gasteiger partial charge in [0.05, 0.1) is 29.8 Å². The van der Waals surface area contributed by atoms with Crippen LogP contribution in [0.3, 0.4) is 0 Å². The molecule has 1 aliphatic heterocycles. The maximum Gasteiger partial charge on any atom is 0.148 e. The highest BCUT2D eigenvalue weighted by Crippen LogP contribution is 2.36. The first-order chi connectivity index (χ1) is 13.6. The average molecular weight is 374 g/mol. The zero-order chi connectivity index (χ0) is 19.3. The highest BCUT2D eigenvalue weighted by molar-refractivity contribution is 5.70.